The molecule has 94 valence electrons. The number of nitrogens with zero attached hydrogens (tertiary/aromatic N) is 4. The Balaban J connectivity index is 2.33. The van der Waals surface area contributed by atoms with E-state index in [4.69, 9.17) is 16.7 Å². The highest BCUT2D eigenvalue weighted by molar-refractivity contribution is 6.33. The van der Waals surface area contributed by atoms with Crippen molar-refractivity contribution in [2.45, 2.75) is 19.9 Å². The quantitative estimate of drug-likeness (QED) is 0.912. The highest BCUT2D eigenvalue weighted by Crippen LogP contribution is 2.26. The van der Waals surface area contributed by atoms with Gasteiger partial charge in [0.2, 0.25) is 0 Å². The lowest BCUT2D eigenvalue weighted by molar-refractivity contribution is -0.137. The van der Waals surface area contributed by atoms with Crippen molar-refractivity contribution in [1.29, 1.82) is 0 Å². The molecule has 0 aliphatic heterocycles. The normalized spacial score (nSPS) is 10.6. The topological polar surface area (TPSA) is 80.9 Å². The SMILES string of the molecule is Cc1ccc(-c2nnnn2CCC(=O)O)c(Cl)c1. The maximum absolute atomic E-state index is 10.5. The second-order valence-electron chi connectivity index (χ2n) is 3.85. The van der Waals surface area contributed by atoms with Gasteiger partial charge in [0.1, 0.15) is 0 Å². The fourth-order valence-corrected chi connectivity index (χ4v) is 1.87. The van der Waals surface area contributed by atoms with E-state index in [9.17, 15) is 4.79 Å². The van der Waals surface area contributed by atoms with E-state index < -0.39 is 5.97 Å². The number of carbonyl (C=O) groups is 1. The minimum absolute atomic E-state index is 0.0402. The summed E-state index contributed by atoms with van der Waals surface area (Å²) in [6, 6.07) is 5.53. The monoisotopic (exact) mass is 266 g/mol. The first kappa shape index (κ1) is 12.5. The Kier molecular flexibility index (Phi) is 3.57. The minimum atomic E-state index is -0.897. The van der Waals surface area contributed by atoms with E-state index in [0.717, 1.165) is 5.56 Å². The largest absolute Gasteiger partial charge is 0.481 e. The lowest BCUT2D eigenvalue weighted by atomic mass is 10.1. The molecule has 0 aliphatic rings. The molecule has 0 radical (unpaired) electrons. The Morgan fingerprint density at radius 2 is 2.28 bits per heavy atom. The minimum Gasteiger partial charge on any atom is -0.481 e. The maximum atomic E-state index is 10.5. The van der Waals surface area contributed by atoms with Gasteiger partial charge in [-0.15, -0.1) is 5.10 Å². The molecule has 1 aromatic heterocycles. The van der Waals surface area contributed by atoms with E-state index in [-0.39, 0.29) is 13.0 Å². The van der Waals surface area contributed by atoms with Gasteiger partial charge in [-0.25, -0.2) is 4.68 Å². The second kappa shape index (κ2) is 5.14. The van der Waals surface area contributed by atoms with Crippen molar-refractivity contribution in [3.05, 3.63) is 28.8 Å². The number of rotatable bonds is 4. The third-order valence-electron chi connectivity index (χ3n) is 2.43. The van der Waals surface area contributed by atoms with Gasteiger partial charge < -0.3 is 5.11 Å². The van der Waals surface area contributed by atoms with Gasteiger partial charge in [0.15, 0.2) is 5.82 Å². The smallest absolute Gasteiger partial charge is 0.305 e. The molecule has 6 nitrogen and oxygen atoms in total. The third-order valence-corrected chi connectivity index (χ3v) is 2.75. The zero-order valence-corrected chi connectivity index (χ0v) is 10.4. The second-order valence-corrected chi connectivity index (χ2v) is 4.26. The van der Waals surface area contributed by atoms with Crippen molar-refractivity contribution in [1.82, 2.24) is 20.2 Å². The van der Waals surface area contributed by atoms with Gasteiger partial charge >= 0.3 is 5.97 Å². The van der Waals surface area contributed by atoms with Crippen LogP contribution >= 0.6 is 11.6 Å². The van der Waals surface area contributed by atoms with E-state index >= 15 is 0 Å². The molecular weight excluding hydrogens is 256 g/mol. The number of hydrogen-bond acceptors (Lipinski definition) is 4. The van der Waals surface area contributed by atoms with Gasteiger partial charge in [-0.05, 0) is 35.0 Å². The van der Waals surface area contributed by atoms with Crippen LogP contribution in [0.2, 0.25) is 5.02 Å². The number of aromatic nitrogens is 4. The lowest BCUT2D eigenvalue weighted by Crippen LogP contribution is -2.07. The molecule has 0 amide bonds. The number of hydrogen-bond donors (Lipinski definition) is 1. The van der Waals surface area contributed by atoms with Gasteiger partial charge in [0.05, 0.1) is 18.0 Å². The van der Waals surface area contributed by atoms with Gasteiger partial charge in [0.25, 0.3) is 0 Å². The molecule has 0 spiro atoms. The van der Waals surface area contributed by atoms with Crippen LogP contribution in [0.15, 0.2) is 18.2 Å². The highest BCUT2D eigenvalue weighted by atomic mass is 35.5. The van der Waals surface area contributed by atoms with E-state index in [1.165, 1.54) is 4.68 Å². The van der Waals surface area contributed by atoms with Crippen LogP contribution in [-0.2, 0) is 11.3 Å². The van der Waals surface area contributed by atoms with Crippen LogP contribution in [0.3, 0.4) is 0 Å². The van der Waals surface area contributed by atoms with Crippen molar-refractivity contribution < 1.29 is 9.90 Å². The van der Waals surface area contributed by atoms with Gasteiger partial charge in [-0.3, -0.25) is 4.79 Å². The summed E-state index contributed by atoms with van der Waals surface area (Å²) < 4.78 is 1.44. The predicted molar refractivity (Wildman–Crippen MR) is 65.3 cm³/mol. The summed E-state index contributed by atoms with van der Waals surface area (Å²) in [7, 11) is 0. The van der Waals surface area contributed by atoms with Crippen molar-refractivity contribution in [2.24, 2.45) is 0 Å². The van der Waals surface area contributed by atoms with E-state index in [1.807, 2.05) is 25.1 Å². The van der Waals surface area contributed by atoms with Gasteiger partial charge in [0, 0.05) is 5.56 Å². The van der Waals surface area contributed by atoms with Crippen molar-refractivity contribution in [3.63, 3.8) is 0 Å². The fraction of sp³-hybridized carbons (Fsp3) is 0.273. The Morgan fingerprint density at radius 1 is 1.50 bits per heavy atom. The van der Waals surface area contributed by atoms with Crippen LogP contribution in [0.25, 0.3) is 11.4 Å². The highest BCUT2D eigenvalue weighted by Gasteiger charge is 2.13. The molecule has 0 fully saturated rings. The zero-order valence-electron chi connectivity index (χ0n) is 9.67. The molecule has 0 unspecified atom stereocenters. The Hall–Kier alpha value is -1.95. The van der Waals surface area contributed by atoms with Crippen molar-refractivity contribution in [3.8, 4) is 11.4 Å². The number of halogens is 1. The van der Waals surface area contributed by atoms with Crippen LogP contribution in [0.5, 0.6) is 0 Å². The molecule has 2 aromatic rings. The van der Waals surface area contributed by atoms with Crippen LogP contribution < -0.4 is 0 Å². The van der Waals surface area contributed by atoms with Gasteiger partial charge in [-0.2, -0.15) is 0 Å². The van der Waals surface area contributed by atoms with E-state index in [1.54, 1.807) is 0 Å². The first-order valence-corrected chi connectivity index (χ1v) is 5.70. The number of carboxylic acids is 1. The molecule has 18 heavy (non-hydrogen) atoms. The van der Waals surface area contributed by atoms with Gasteiger partial charge in [-0.1, -0.05) is 17.7 Å². The van der Waals surface area contributed by atoms with Crippen LogP contribution in [0.4, 0.5) is 0 Å². The fourth-order valence-electron chi connectivity index (χ4n) is 1.55. The summed E-state index contributed by atoms with van der Waals surface area (Å²) in [6.45, 7) is 2.14. The maximum Gasteiger partial charge on any atom is 0.305 e. The van der Waals surface area contributed by atoms with Crippen molar-refractivity contribution >= 4 is 17.6 Å². The lowest BCUT2D eigenvalue weighted by Gasteiger charge is -2.05. The average molecular weight is 267 g/mol. The van der Waals surface area contributed by atoms with E-state index in [2.05, 4.69) is 15.5 Å². The molecule has 0 atom stereocenters. The zero-order chi connectivity index (χ0) is 13.1. The summed E-state index contributed by atoms with van der Waals surface area (Å²) in [4.78, 5) is 10.5. The summed E-state index contributed by atoms with van der Waals surface area (Å²) >= 11 is 6.13. The van der Waals surface area contributed by atoms with Crippen LogP contribution in [0.1, 0.15) is 12.0 Å². The molecule has 1 heterocycles. The molecule has 1 N–H and O–H groups in total. The third kappa shape index (κ3) is 2.65. The Labute approximate surface area is 108 Å². The molecule has 0 saturated heterocycles. The summed E-state index contributed by atoms with van der Waals surface area (Å²) in [5, 5.41) is 20.4. The molecule has 0 bridgehead atoms. The Bertz CT molecular complexity index is 582. The first-order valence-electron chi connectivity index (χ1n) is 5.32. The average Bonchev–Trinajstić information content (AvgIpc) is 2.74. The van der Waals surface area contributed by atoms with Crippen molar-refractivity contribution in [2.75, 3.05) is 0 Å². The Morgan fingerprint density at radius 3 is 2.94 bits per heavy atom. The number of tetrazole rings is 1. The van der Waals surface area contributed by atoms with Crippen LogP contribution in [-0.4, -0.2) is 31.3 Å². The molecule has 1 aromatic carbocycles. The first-order chi connectivity index (χ1) is 8.58. The molecule has 2 rings (SSSR count). The summed E-state index contributed by atoms with van der Waals surface area (Å²) in [5.41, 5.74) is 1.73. The molecular formula is C11H11ClN4O2. The van der Waals surface area contributed by atoms with E-state index in [0.29, 0.717) is 16.4 Å². The molecule has 7 heteroatoms. The standard InChI is InChI=1S/C11H11ClN4O2/c1-7-2-3-8(9(12)6-7)11-13-14-15-16(11)5-4-10(17)18/h2-3,6H,4-5H2,1H3,(H,17,18). The predicted octanol–water partition coefficient (Wildman–Crippen LogP) is 1.78. The number of benzene rings is 1. The number of carboxylic acid groups (broad SMARTS) is 1. The molecule has 0 saturated carbocycles. The summed E-state index contributed by atoms with van der Waals surface area (Å²) in [5.74, 6) is -0.423. The number of aryl methyl sites for hydroxylation is 2. The number of aliphatic carboxylic acids is 1. The summed E-state index contributed by atoms with van der Waals surface area (Å²) in [6.07, 6.45) is -0.0402. The van der Waals surface area contributed by atoms with Crippen LogP contribution in [0, 0.1) is 6.92 Å². The molecule has 0 aliphatic carbocycles.